The van der Waals surface area contributed by atoms with E-state index in [1.807, 2.05) is 30.3 Å². The molecule has 11 heteroatoms. The lowest BCUT2D eigenvalue weighted by atomic mass is 10.1. The van der Waals surface area contributed by atoms with Crippen molar-refractivity contribution in [3.05, 3.63) is 46.2 Å². The minimum atomic E-state index is -1.33. The van der Waals surface area contributed by atoms with Crippen LogP contribution in [0.5, 0.6) is 0 Å². The number of nitrogen functional groups attached to an aromatic ring is 1. The topological polar surface area (TPSA) is 160 Å². The molecule has 0 spiro atoms. The Kier molecular flexibility index (Phi) is 5.56. The van der Waals surface area contributed by atoms with E-state index in [2.05, 4.69) is 15.0 Å². The number of benzene rings is 1. The van der Waals surface area contributed by atoms with Gasteiger partial charge in [-0.05, 0) is 12.0 Å². The predicted octanol–water partition coefficient (Wildman–Crippen LogP) is -0.352. The molecule has 0 unspecified atom stereocenters. The maximum absolute atomic E-state index is 12.3. The highest BCUT2D eigenvalue weighted by molar-refractivity contribution is 7.99. The fourth-order valence-corrected chi connectivity index (χ4v) is 4.32. The molecular formula is C18H21N5O5S. The molecule has 1 aliphatic rings. The summed E-state index contributed by atoms with van der Waals surface area (Å²) in [5, 5.41) is 30.4. The standard InChI is InChI=1S/C18H21N5O5S/c19-17-21-14-11(15(27)22-17)20-18(29-7-6-9-4-2-1-3-5-9)23(14)16-13(26)12(25)10(8-24)28-16/h1-5,10,12-13,16,24-26H,6-8H2,(H3,19,21,22,27)/t10-,12+,13+,16+/m0/s1. The molecule has 0 radical (unpaired) electrons. The summed E-state index contributed by atoms with van der Waals surface area (Å²) >= 11 is 1.36. The van der Waals surface area contributed by atoms with Gasteiger partial charge in [0.1, 0.15) is 18.3 Å². The number of thioether (sulfide) groups is 1. The summed E-state index contributed by atoms with van der Waals surface area (Å²) in [4.78, 5) is 23.2. The van der Waals surface area contributed by atoms with Crippen LogP contribution in [0, 0.1) is 0 Å². The number of aliphatic hydroxyl groups excluding tert-OH is 3. The van der Waals surface area contributed by atoms with Gasteiger partial charge in [-0.15, -0.1) is 0 Å². The number of fused-ring (bicyclic) bond motifs is 1. The van der Waals surface area contributed by atoms with E-state index < -0.39 is 36.7 Å². The third-order valence-corrected chi connectivity index (χ3v) is 5.73. The zero-order chi connectivity index (χ0) is 20.5. The van der Waals surface area contributed by atoms with Gasteiger partial charge in [0.15, 0.2) is 22.5 Å². The van der Waals surface area contributed by atoms with Crippen molar-refractivity contribution in [1.82, 2.24) is 19.5 Å². The number of rotatable bonds is 6. The number of aryl methyl sites for hydroxylation is 1. The lowest BCUT2D eigenvalue weighted by molar-refractivity contribution is -0.0548. The molecule has 1 aromatic carbocycles. The third-order valence-electron chi connectivity index (χ3n) is 4.77. The Labute approximate surface area is 169 Å². The number of nitrogens with zero attached hydrogens (tertiary/aromatic N) is 3. The molecule has 0 amide bonds. The number of aromatic amines is 1. The molecule has 29 heavy (non-hydrogen) atoms. The van der Waals surface area contributed by atoms with Crippen molar-refractivity contribution in [2.24, 2.45) is 0 Å². The Balaban J connectivity index is 1.70. The summed E-state index contributed by atoms with van der Waals surface area (Å²) in [6.07, 6.45) is -3.89. The largest absolute Gasteiger partial charge is 0.394 e. The maximum Gasteiger partial charge on any atom is 0.280 e. The average molecular weight is 419 g/mol. The molecule has 0 aliphatic carbocycles. The summed E-state index contributed by atoms with van der Waals surface area (Å²) in [5.41, 5.74) is 6.52. The van der Waals surface area contributed by atoms with Crippen molar-refractivity contribution < 1.29 is 20.1 Å². The Bertz CT molecular complexity index is 1060. The van der Waals surface area contributed by atoms with Crippen LogP contribution >= 0.6 is 11.8 Å². The van der Waals surface area contributed by atoms with Crippen molar-refractivity contribution in [3.8, 4) is 0 Å². The molecule has 0 saturated carbocycles. The molecule has 3 aromatic rings. The highest BCUT2D eigenvalue weighted by Gasteiger charge is 2.45. The lowest BCUT2D eigenvalue weighted by Gasteiger charge is -2.19. The van der Waals surface area contributed by atoms with Gasteiger partial charge in [-0.3, -0.25) is 14.3 Å². The molecule has 10 nitrogen and oxygen atoms in total. The minimum absolute atomic E-state index is 0.0548. The molecule has 1 aliphatic heterocycles. The van der Waals surface area contributed by atoms with E-state index in [9.17, 15) is 20.1 Å². The normalized spacial score (nSPS) is 24.4. The van der Waals surface area contributed by atoms with Gasteiger partial charge in [-0.2, -0.15) is 4.98 Å². The first-order chi connectivity index (χ1) is 14.0. The molecule has 154 valence electrons. The van der Waals surface area contributed by atoms with Gasteiger partial charge in [0.05, 0.1) is 6.61 Å². The highest BCUT2D eigenvalue weighted by Crippen LogP contribution is 2.35. The van der Waals surface area contributed by atoms with Crippen LogP contribution in [-0.2, 0) is 11.2 Å². The van der Waals surface area contributed by atoms with Crippen molar-refractivity contribution in [2.75, 3.05) is 18.1 Å². The number of nitrogens with two attached hydrogens (primary N) is 1. The monoisotopic (exact) mass is 419 g/mol. The Morgan fingerprint density at radius 3 is 2.66 bits per heavy atom. The van der Waals surface area contributed by atoms with Crippen LogP contribution < -0.4 is 11.3 Å². The molecule has 2 aromatic heterocycles. The van der Waals surface area contributed by atoms with Crippen LogP contribution in [0.25, 0.3) is 11.2 Å². The number of ether oxygens (including phenoxy) is 1. The fourth-order valence-electron chi connectivity index (χ4n) is 3.31. The first-order valence-electron chi connectivity index (χ1n) is 9.06. The molecule has 3 heterocycles. The first kappa shape index (κ1) is 19.9. The van der Waals surface area contributed by atoms with Gasteiger partial charge in [0.2, 0.25) is 5.95 Å². The summed E-state index contributed by atoms with van der Waals surface area (Å²) in [6.45, 7) is -0.464. The van der Waals surface area contributed by atoms with E-state index in [1.54, 1.807) is 0 Å². The van der Waals surface area contributed by atoms with E-state index in [0.29, 0.717) is 10.9 Å². The number of H-pyrrole nitrogens is 1. The van der Waals surface area contributed by atoms with Gasteiger partial charge in [0, 0.05) is 5.75 Å². The summed E-state index contributed by atoms with van der Waals surface area (Å²) in [5.74, 6) is 0.548. The SMILES string of the molecule is Nc1nc2c(nc(SCCc3ccccc3)n2[C@@H]2O[C@@H](CO)[C@@H](O)[C@H]2O)c(=O)[nH]1. The Hall–Kier alpha value is -2.44. The second-order valence-electron chi connectivity index (χ2n) is 6.70. The van der Waals surface area contributed by atoms with Gasteiger partial charge >= 0.3 is 0 Å². The van der Waals surface area contributed by atoms with Gasteiger partial charge in [-0.1, -0.05) is 42.1 Å². The first-order valence-corrected chi connectivity index (χ1v) is 10.0. The second-order valence-corrected chi connectivity index (χ2v) is 7.76. The number of imidazole rings is 1. The van der Waals surface area contributed by atoms with Crippen molar-refractivity contribution in [1.29, 1.82) is 0 Å². The molecule has 0 bridgehead atoms. The van der Waals surface area contributed by atoms with Gasteiger partial charge in [0.25, 0.3) is 5.56 Å². The molecule has 1 saturated heterocycles. The second kappa shape index (κ2) is 8.13. The van der Waals surface area contributed by atoms with Crippen LogP contribution in [0.4, 0.5) is 5.95 Å². The molecule has 4 rings (SSSR count). The highest BCUT2D eigenvalue weighted by atomic mass is 32.2. The van der Waals surface area contributed by atoms with Gasteiger partial charge < -0.3 is 25.8 Å². The zero-order valence-corrected chi connectivity index (χ0v) is 16.1. The summed E-state index contributed by atoms with van der Waals surface area (Å²) in [7, 11) is 0. The van der Waals surface area contributed by atoms with Crippen LogP contribution in [-0.4, -0.2) is 65.5 Å². The number of hydrogen-bond acceptors (Lipinski definition) is 9. The summed E-state index contributed by atoms with van der Waals surface area (Å²) < 4.78 is 7.10. The molecular weight excluding hydrogens is 398 g/mol. The third kappa shape index (κ3) is 3.74. The van der Waals surface area contributed by atoms with Crippen LogP contribution in [0.2, 0.25) is 0 Å². The van der Waals surface area contributed by atoms with Crippen molar-refractivity contribution in [2.45, 2.75) is 36.1 Å². The molecule has 6 N–H and O–H groups in total. The van der Waals surface area contributed by atoms with Gasteiger partial charge in [-0.25, -0.2) is 4.98 Å². The summed E-state index contributed by atoms with van der Waals surface area (Å²) in [6, 6.07) is 9.90. The van der Waals surface area contributed by atoms with Crippen LogP contribution in [0.3, 0.4) is 0 Å². The van der Waals surface area contributed by atoms with E-state index in [-0.39, 0.29) is 17.1 Å². The molecule has 4 atom stereocenters. The smallest absolute Gasteiger partial charge is 0.280 e. The zero-order valence-electron chi connectivity index (χ0n) is 15.3. The quantitative estimate of drug-likeness (QED) is 0.336. The predicted molar refractivity (Wildman–Crippen MR) is 106 cm³/mol. The van der Waals surface area contributed by atoms with E-state index in [0.717, 1.165) is 12.0 Å². The van der Waals surface area contributed by atoms with E-state index in [1.165, 1.54) is 16.3 Å². The van der Waals surface area contributed by atoms with Crippen LogP contribution in [0.15, 0.2) is 40.3 Å². The number of nitrogens with one attached hydrogen (secondary N) is 1. The fraction of sp³-hybridized carbons (Fsp3) is 0.389. The lowest BCUT2D eigenvalue weighted by Crippen LogP contribution is -2.33. The number of aromatic nitrogens is 4. The van der Waals surface area contributed by atoms with Crippen molar-refractivity contribution >= 4 is 28.9 Å². The van der Waals surface area contributed by atoms with E-state index in [4.69, 9.17) is 10.5 Å². The van der Waals surface area contributed by atoms with Crippen LogP contribution in [0.1, 0.15) is 11.8 Å². The maximum atomic E-state index is 12.3. The van der Waals surface area contributed by atoms with E-state index >= 15 is 0 Å². The number of hydrogen-bond donors (Lipinski definition) is 5. The Morgan fingerprint density at radius 2 is 1.97 bits per heavy atom. The average Bonchev–Trinajstić information content (AvgIpc) is 3.20. The van der Waals surface area contributed by atoms with Crippen molar-refractivity contribution in [3.63, 3.8) is 0 Å². The number of anilines is 1. The minimum Gasteiger partial charge on any atom is -0.394 e. The molecule has 1 fully saturated rings. The Morgan fingerprint density at radius 1 is 1.21 bits per heavy atom. The number of aliphatic hydroxyl groups is 3.